The van der Waals surface area contributed by atoms with E-state index in [9.17, 15) is 9.90 Å². The maximum atomic E-state index is 12.0. The summed E-state index contributed by atoms with van der Waals surface area (Å²) in [4.78, 5) is 19.1. The maximum Gasteiger partial charge on any atom is 0.224 e. The Morgan fingerprint density at radius 3 is 2.33 bits per heavy atom. The van der Waals surface area contributed by atoms with Gasteiger partial charge in [-0.15, -0.1) is 0 Å². The molecule has 2 aliphatic carbocycles. The molecule has 1 spiro atoms. The van der Waals surface area contributed by atoms with Crippen molar-refractivity contribution in [1.82, 2.24) is 14.7 Å². The van der Waals surface area contributed by atoms with Crippen molar-refractivity contribution in [2.24, 2.45) is 17.1 Å². The lowest BCUT2D eigenvalue weighted by Crippen LogP contribution is -2.57. The Labute approximate surface area is 200 Å². The molecular formula is C27H44N4O2. The molecule has 33 heavy (non-hydrogen) atoms. The van der Waals surface area contributed by atoms with E-state index in [4.69, 9.17) is 5.73 Å². The van der Waals surface area contributed by atoms with Gasteiger partial charge < -0.3 is 10.8 Å². The Hall–Kier alpha value is -1.47. The van der Waals surface area contributed by atoms with Gasteiger partial charge in [-0.2, -0.15) is 0 Å². The molecule has 1 aromatic carbocycles. The molecule has 1 saturated heterocycles. The van der Waals surface area contributed by atoms with Gasteiger partial charge in [0.05, 0.1) is 5.41 Å². The fourth-order valence-corrected chi connectivity index (χ4v) is 6.47. The topological polar surface area (TPSA) is 73.0 Å². The maximum absolute atomic E-state index is 12.0. The largest absolute Gasteiger partial charge is 0.369 e. The van der Waals surface area contributed by atoms with Gasteiger partial charge in [-0.05, 0) is 77.4 Å². The number of hydrogen-bond acceptors (Lipinski definition) is 5. The summed E-state index contributed by atoms with van der Waals surface area (Å²) < 4.78 is 0. The monoisotopic (exact) mass is 456 g/mol. The van der Waals surface area contributed by atoms with E-state index in [2.05, 4.69) is 59.0 Å². The van der Waals surface area contributed by atoms with Crippen LogP contribution in [0.1, 0.15) is 71.3 Å². The van der Waals surface area contributed by atoms with Gasteiger partial charge >= 0.3 is 0 Å². The summed E-state index contributed by atoms with van der Waals surface area (Å²) in [6, 6.07) is 11.0. The standard InChI is InChI=1S/C27H44N4O2/c1-5-29(4)27(22-12-7-6-8-13-22)16-14-26(15-17-27)20-30(19-25(2,3)23(28)32)24(33)31(26)18-21-10-9-11-21/h6-8,12-13,21,24,33H,5,9-11,14-20H2,1-4H3,(H2,28,32)/t24?,26-,27+. The van der Waals surface area contributed by atoms with E-state index in [1.54, 1.807) is 0 Å². The normalized spacial score (nSPS) is 31.9. The molecule has 6 heteroatoms. The van der Waals surface area contributed by atoms with Crippen molar-refractivity contribution in [3.05, 3.63) is 35.9 Å². The smallest absolute Gasteiger partial charge is 0.224 e. The number of benzene rings is 1. The first kappa shape index (κ1) is 24.6. The second-order valence-corrected chi connectivity index (χ2v) is 11.6. The van der Waals surface area contributed by atoms with Crippen LogP contribution < -0.4 is 5.73 Å². The number of carbonyl (C=O) groups is 1. The number of aliphatic hydroxyl groups is 1. The first-order valence-corrected chi connectivity index (χ1v) is 12.9. The minimum absolute atomic E-state index is 0.0360. The summed E-state index contributed by atoms with van der Waals surface area (Å²) in [5.41, 5.74) is 6.42. The summed E-state index contributed by atoms with van der Waals surface area (Å²) in [6.45, 7) is 9.28. The fourth-order valence-electron chi connectivity index (χ4n) is 6.47. The highest BCUT2D eigenvalue weighted by Gasteiger charge is 2.56. The van der Waals surface area contributed by atoms with Crippen LogP contribution in [0.15, 0.2) is 30.3 Å². The van der Waals surface area contributed by atoms with Gasteiger partial charge in [-0.3, -0.25) is 19.5 Å². The molecule has 1 aromatic rings. The molecule has 6 nitrogen and oxygen atoms in total. The predicted octanol–water partition coefficient (Wildman–Crippen LogP) is 3.35. The minimum Gasteiger partial charge on any atom is -0.369 e. The Morgan fingerprint density at radius 2 is 1.82 bits per heavy atom. The highest BCUT2D eigenvalue weighted by atomic mass is 16.3. The van der Waals surface area contributed by atoms with Gasteiger partial charge in [-0.1, -0.05) is 43.7 Å². The highest BCUT2D eigenvalue weighted by molar-refractivity contribution is 5.80. The summed E-state index contributed by atoms with van der Waals surface area (Å²) in [6.07, 6.45) is 7.42. The molecule has 1 unspecified atom stereocenters. The van der Waals surface area contributed by atoms with Crippen LogP contribution in [0.2, 0.25) is 0 Å². The average Bonchev–Trinajstić information content (AvgIpc) is 3.01. The highest BCUT2D eigenvalue weighted by Crippen LogP contribution is 2.50. The number of carbonyl (C=O) groups excluding carboxylic acids is 1. The number of hydrogen-bond donors (Lipinski definition) is 2. The zero-order valence-corrected chi connectivity index (χ0v) is 21.1. The van der Waals surface area contributed by atoms with Crippen molar-refractivity contribution in [2.75, 3.05) is 33.2 Å². The molecule has 0 aromatic heterocycles. The number of primary amides is 1. The molecule has 1 heterocycles. The van der Waals surface area contributed by atoms with Crippen molar-refractivity contribution in [1.29, 1.82) is 0 Å². The van der Waals surface area contributed by atoms with Crippen LogP contribution in [-0.2, 0) is 10.3 Å². The quantitative estimate of drug-likeness (QED) is 0.628. The second kappa shape index (κ2) is 9.29. The minimum atomic E-state index is -0.667. The van der Waals surface area contributed by atoms with Crippen molar-refractivity contribution >= 4 is 5.91 Å². The van der Waals surface area contributed by atoms with E-state index >= 15 is 0 Å². The van der Waals surface area contributed by atoms with E-state index in [0.29, 0.717) is 12.5 Å². The third-order valence-electron chi connectivity index (χ3n) is 9.18. The van der Waals surface area contributed by atoms with Gasteiger partial charge in [-0.25, -0.2) is 0 Å². The Kier molecular flexibility index (Phi) is 6.94. The third-order valence-corrected chi connectivity index (χ3v) is 9.18. The fraction of sp³-hybridized carbons (Fsp3) is 0.741. The van der Waals surface area contributed by atoms with Crippen molar-refractivity contribution in [3.63, 3.8) is 0 Å². The lowest BCUT2D eigenvalue weighted by Gasteiger charge is -2.53. The van der Waals surface area contributed by atoms with E-state index in [1.165, 1.54) is 24.8 Å². The van der Waals surface area contributed by atoms with E-state index < -0.39 is 11.8 Å². The lowest BCUT2D eigenvalue weighted by molar-refractivity contribution is -0.132. The van der Waals surface area contributed by atoms with Gasteiger partial charge in [0.2, 0.25) is 5.91 Å². The lowest BCUT2D eigenvalue weighted by atomic mass is 9.67. The van der Waals surface area contributed by atoms with Crippen LogP contribution in [0.5, 0.6) is 0 Å². The molecule has 2 saturated carbocycles. The van der Waals surface area contributed by atoms with E-state index in [1.807, 2.05) is 13.8 Å². The number of nitrogens with zero attached hydrogens (tertiary/aromatic N) is 3. The zero-order chi connectivity index (χ0) is 23.9. The molecule has 3 fully saturated rings. The molecular weight excluding hydrogens is 412 g/mol. The van der Waals surface area contributed by atoms with Crippen LogP contribution in [0.3, 0.4) is 0 Å². The van der Waals surface area contributed by atoms with Crippen LogP contribution in [-0.4, -0.2) is 70.8 Å². The Bertz CT molecular complexity index is 815. The van der Waals surface area contributed by atoms with Crippen LogP contribution in [0, 0.1) is 11.3 Å². The van der Waals surface area contributed by atoms with Crippen LogP contribution in [0.4, 0.5) is 0 Å². The SMILES string of the molecule is CCN(C)[C@]1(c2ccccc2)CC[C@]2(CC1)CN(CC(C)(C)C(N)=O)C(O)N2CC1CCC1. The number of rotatable bonds is 8. The summed E-state index contributed by atoms with van der Waals surface area (Å²) >= 11 is 0. The van der Waals surface area contributed by atoms with Crippen molar-refractivity contribution in [2.45, 2.75) is 83.1 Å². The van der Waals surface area contributed by atoms with Crippen molar-refractivity contribution < 1.29 is 9.90 Å². The van der Waals surface area contributed by atoms with E-state index in [-0.39, 0.29) is 17.0 Å². The molecule has 184 valence electrons. The zero-order valence-electron chi connectivity index (χ0n) is 21.1. The molecule has 3 N–H and O–H groups in total. The van der Waals surface area contributed by atoms with Crippen LogP contribution >= 0.6 is 0 Å². The summed E-state index contributed by atoms with van der Waals surface area (Å²) in [5, 5.41) is 11.5. The van der Waals surface area contributed by atoms with E-state index in [0.717, 1.165) is 45.3 Å². The molecule has 1 aliphatic heterocycles. The number of amides is 1. The first-order chi connectivity index (χ1) is 15.6. The Balaban J connectivity index is 1.60. The number of nitrogens with two attached hydrogens (primary N) is 1. The van der Waals surface area contributed by atoms with Gasteiger partial charge in [0.1, 0.15) is 0 Å². The molecule has 0 bridgehead atoms. The summed E-state index contributed by atoms with van der Waals surface area (Å²) in [7, 11) is 2.25. The van der Waals surface area contributed by atoms with Crippen LogP contribution in [0.25, 0.3) is 0 Å². The second-order valence-electron chi connectivity index (χ2n) is 11.6. The molecule has 1 atom stereocenters. The Morgan fingerprint density at radius 1 is 1.18 bits per heavy atom. The first-order valence-electron chi connectivity index (χ1n) is 12.9. The predicted molar refractivity (Wildman–Crippen MR) is 132 cm³/mol. The van der Waals surface area contributed by atoms with Gasteiger partial charge in [0, 0.05) is 30.7 Å². The van der Waals surface area contributed by atoms with Gasteiger partial charge in [0.15, 0.2) is 6.35 Å². The van der Waals surface area contributed by atoms with Gasteiger partial charge in [0.25, 0.3) is 0 Å². The molecule has 0 radical (unpaired) electrons. The third kappa shape index (κ3) is 4.47. The number of aliphatic hydroxyl groups excluding tert-OH is 1. The molecule has 1 amide bonds. The molecule has 3 aliphatic rings. The average molecular weight is 457 g/mol. The molecule has 4 rings (SSSR count). The summed E-state index contributed by atoms with van der Waals surface area (Å²) in [5.74, 6) is 0.372. The van der Waals surface area contributed by atoms with Crippen molar-refractivity contribution in [3.8, 4) is 0 Å².